The van der Waals surface area contributed by atoms with Crippen molar-refractivity contribution in [3.63, 3.8) is 0 Å². The Morgan fingerprint density at radius 1 is 0.655 bits per heavy atom. The summed E-state index contributed by atoms with van der Waals surface area (Å²) in [5.41, 5.74) is 13.1. The lowest BCUT2D eigenvalue weighted by molar-refractivity contribution is 0.615. The minimum Gasteiger partial charge on any atom is -0.454 e. The first kappa shape index (κ1) is 33.5. The Morgan fingerprint density at radius 3 is 2.29 bits per heavy atom. The molecule has 8 aromatic rings. The van der Waals surface area contributed by atoms with Gasteiger partial charge >= 0.3 is 0 Å². The van der Waals surface area contributed by atoms with Gasteiger partial charge in [-0.1, -0.05) is 140 Å². The van der Waals surface area contributed by atoms with Crippen LogP contribution < -0.4 is 9.80 Å². The molecule has 278 valence electrons. The second-order valence-corrected chi connectivity index (χ2v) is 17.0. The highest BCUT2D eigenvalue weighted by Gasteiger charge is 2.40. The maximum absolute atomic E-state index is 6.65. The molecule has 0 fully saturated rings. The molecule has 4 aliphatic rings. The summed E-state index contributed by atoms with van der Waals surface area (Å²) in [4.78, 5) is 6.40. The summed E-state index contributed by atoms with van der Waals surface area (Å²) in [6, 6.07) is 51.6. The molecular formula is C54H40N2OS. The Balaban J connectivity index is 0.911. The zero-order chi connectivity index (χ0) is 38.2. The Morgan fingerprint density at radius 2 is 1.43 bits per heavy atom. The molecule has 58 heavy (non-hydrogen) atoms. The van der Waals surface area contributed by atoms with Crippen molar-refractivity contribution in [1.82, 2.24) is 0 Å². The number of hydrogen-bond acceptors (Lipinski definition) is 4. The van der Waals surface area contributed by atoms with Crippen molar-refractivity contribution in [3.05, 3.63) is 215 Å². The molecule has 0 saturated carbocycles. The van der Waals surface area contributed by atoms with Gasteiger partial charge in [-0.05, 0) is 101 Å². The van der Waals surface area contributed by atoms with Crippen LogP contribution in [-0.2, 0) is 6.42 Å². The van der Waals surface area contributed by atoms with Crippen LogP contribution >= 0.6 is 11.3 Å². The van der Waals surface area contributed by atoms with Gasteiger partial charge in [0.05, 0.1) is 17.8 Å². The van der Waals surface area contributed by atoms with Crippen LogP contribution in [0.4, 0.5) is 22.7 Å². The monoisotopic (exact) mass is 764 g/mol. The van der Waals surface area contributed by atoms with Crippen LogP contribution in [-0.4, -0.2) is 12.1 Å². The lowest BCUT2D eigenvalue weighted by atomic mass is 9.86. The summed E-state index contributed by atoms with van der Waals surface area (Å²) in [6.45, 7) is 0. The Bertz CT molecular complexity index is 3050. The number of allylic oxidation sites excluding steroid dienone is 5. The highest BCUT2D eigenvalue weighted by molar-refractivity contribution is 7.20. The van der Waals surface area contributed by atoms with Gasteiger partial charge in [0, 0.05) is 49.2 Å². The third-order valence-corrected chi connectivity index (χ3v) is 13.9. The minimum atomic E-state index is 0.267. The molecule has 12 rings (SSSR count). The zero-order valence-corrected chi connectivity index (χ0v) is 32.7. The molecule has 4 heteroatoms. The van der Waals surface area contributed by atoms with E-state index in [1.165, 1.54) is 48.5 Å². The molecule has 3 heterocycles. The number of nitrogens with zero attached hydrogens (tertiary/aromatic N) is 2. The van der Waals surface area contributed by atoms with Gasteiger partial charge in [0.1, 0.15) is 5.58 Å². The van der Waals surface area contributed by atoms with Crippen LogP contribution in [0.2, 0.25) is 0 Å². The largest absolute Gasteiger partial charge is 0.454 e. The highest BCUT2D eigenvalue weighted by Crippen LogP contribution is 2.48. The number of fused-ring (bicyclic) bond motifs is 9. The molecule has 0 saturated heterocycles. The topological polar surface area (TPSA) is 19.6 Å². The van der Waals surface area contributed by atoms with Crippen molar-refractivity contribution in [2.24, 2.45) is 0 Å². The SMILES string of the molecule is C1=CCC(N2c3ccccc3C3C=CC(c4ccc(N(c5ccc(C6C=Cc7sc8ccccc8c7C6)cc5)c5cccc6c5oc5ccccc56)cc4)=CC32)C=C1. The molecule has 4 atom stereocenters. The van der Waals surface area contributed by atoms with Crippen LogP contribution in [0.25, 0.3) is 43.7 Å². The second kappa shape index (κ2) is 13.5. The lowest BCUT2D eigenvalue weighted by Crippen LogP contribution is -2.41. The molecule has 3 nitrogen and oxygen atoms in total. The van der Waals surface area contributed by atoms with Crippen LogP contribution in [0.15, 0.2) is 193 Å². The van der Waals surface area contributed by atoms with Crippen molar-refractivity contribution in [2.75, 3.05) is 9.80 Å². The average Bonchev–Trinajstić information content (AvgIpc) is 3.97. The number of benzene rings is 6. The molecule has 0 bridgehead atoms. The van der Waals surface area contributed by atoms with Crippen molar-refractivity contribution >= 4 is 77.8 Å². The number of rotatable bonds is 6. The maximum atomic E-state index is 6.65. The second-order valence-electron chi connectivity index (χ2n) is 15.9. The van der Waals surface area contributed by atoms with Gasteiger partial charge in [0.15, 0.2) is 5.58 Å². The van der Waals surface area contributed by atoms with Gasteiger partial charge in [0.2, 0.25) is 0 Å². The molecule has 1 aliphatic heterocycles. The van der Waals surface area contributed by atoms with Crippen molar-refractivity contribution in [1.29, 1.82) is 0 Å². The van der Waals surface area contributed by atoms with E-state index in [-0.39, 0.29) is 6.04 Å². The summed E-state index contributed by atoms with van der Waals surface area (Å²) in [6.07, 6.45) is 23.0. The van der Waals surface area contributed by atoms with Crippen LogP contribution in [0, 0.1) is 0 Å². The summed E-state index contributed by atoms with van der Waals surface area (Å²) in [5, 5.41) is 3.65. The van der Waals surface area contributed by atoms with Crippen LogP contribution in [0.3, 0.4) is 0 Å². The van der Waals surface area contributed by atoms with E-state index in [2.05, 4.69) is 198 Å². The number of thiophene rings is 1. The van der Waals surface area contributed by atoms with Crippen molar-refractivity contribution in [2.45, 2.75) is 36.8 Å². The number of furan rings is 1. The van der Waals surface area contributed by atoms with Crippen molar-refractivity contribution < 1.29 is 4.42 Å². The zero-order valence-electron chi connectivity index (χ0n) is 31.9. The first-order valence-electron chi connectivity index (χ1n) is 20.5. The molecule has 0 spiro atoms. The first-order valence-corrected chi connectivity index (χ1v) is 21.3. The van der Waals surface area contributed by atoms with Gasteiger partial charge in [-0.15, -0.1) is 11.3 Å². The normalized spacial score (nSPS) is 20.4. The Kier molecular flexibility index (Phi) is 7.80. The molecule has 6 aromatic carbocycles. The van der Waals surface area contributed by atoms with E-state index in [0.717, 1.165) is 51.8 Å². The molecule has 0 radical (unpaired) electrons. The predicted octanol–water partition coefficient (Wildman–Crippen LogP) is 14.4. The summed E-state index contributed by atoms with van der Waals surface area (Å²) < 4.78 is 8.02. The van der Waals surface area contributed by atoms with Gasteiger partial charge < -0.3 is 14.2 Å². The summed E-state index contributed by atoms with van der Waals surface area (Å²) in [7, 11) is 0. The van der Waals surface area contributed by atoms with E-state index >= 15 is 0 Å². The number of hydrogen-bond donors (Lipinski definition) is 0. The highest BCUT2D eigenvalue weighted by atomic mass is 32.1. The van der Waals surface area contributed by atoms with E-state index in [1.807, 2.05) is 17.4 Å². The van der Waals surface area contributed by atoms with Gasteiger partial charge in [-0.25, -0.2) is 0 Å². The lowest BCUT2D eigenvalue weighted by Gasteiger charge is -2.35. The van der Waals surface area contributed by atoms with Crippen LogP contribution in [0.1, 0.15) is 45.4 Å². The number of anilines is 4. The predicted molar refractivity (Wildman–Crippen MR) is 245 cm³/mol. The van der Waals surface area contributed by atoms with E-state index in [1.54, 1.807) is 0 Å². The molecule has 0 amide bonds. The van der Waals surface area contributed by atoms with Gasteiger partial charge in [0.25, 0.3) is 0 Å². The van der Waals surface area contributed by atoms with Gasteiger partial charge in [-0.2, -0.15) is 0 Å². The van der Waals surface area contributed by atoms with Crippen LogP contribution in [0.5, 0.6) is 0 Å². The van der Waals surface area contributed by atoms with E-state index in [4.69, 9.17) is 4.42 Å². The van der Waals surface area contributed by atoms with E-state index < -0.39 is 0 Å². The van der Waals surface area contributed by atoms with Crippen molar-refractivity contribution in [3.8, 4) is 0 Å². The fraction of sp³-hybridized carbons (Fsp3) is 0.111. The molecular weight excluding hydrogens is 725 g/mol. The molecule has 4 unspecified atom stereocenters. The Labute approximate surface area is 342 Å². The van der Waals surface area contributed by atoms with Gasteiger partial charge in [-0.3, -0.25) is 0 Å². The smallest absolute Gasteiger partial charge is 0.159 e. The first-order chi connectivity index (χ1) is 28.7. The summed E-state index contributed by atoms with van der Waals surface area (Å²) >= 11 is 1.90. The fourth-order valence-electron chi connectivity index (χ4n) is 9.93. The number of para-hydroxylation sites is 3. The summed E-state index contributed by atoms with van der Waals surface area (Å²) in [5.74, 6) is 0.675. The molecule has 0 N–H and O–H groups in total. The quantitative estimate of drug-likeness (QED) is 0.168. The maximum Gasteiger partial charge on any atom is 0.159 e. The fourth-order valence-corrected chi connectivity index (χ4v) is 11.1. The Hall–Kier alpha value is -6.62. The standard InChI is InChI=1S/C54H40N2OS/c1-2-11-39(12-3-1)56-48-17-7-4-13-42(48)43-31-25-38(34-50(43)56)36-23-29-41(30-24-36)55(49-18-10-16-46-44-14-5-8-19-51(44)57-54(46)49)40-27-21-35(22-28-40)37-26-32-53-47(33-37)45-15-6-9-20-52(45)58-53/h1-11,13-32,34,37,39,43,50H,12,33H2. The third-order valence-electron chi connectivity index (χ3n) is 12.7. The minimum absolute atomic E-state index is 0.267. The molecule has 3 aliphatic carbocycles. The molecule has 2 aromatic heterocycles. The van der Waals surface area contributed by atoms with E-state index in [0.29, 0.717) is 17.9 Å². The van der Waals surface area contributed by atoms with E-state index in [9.17, 15) is 0 Å². The average molecular weight is 765 g/mol. The third kappa shape index (κ3) is 5.39.